The van der Waals surface area contributed by atoms with Crippen LogP contribution in [0.2, 0.25) is 0 Å². The molecule has 0 saturated heterocycles. The molecule has 0 radical (unpaired) electrons. The zero-order chi connectivity index (χ0) is 16.3. The Bertz CT molecular complexity index is 677. The lowest BCUT2D eigenvalue weighted by molar-refractivity contribution is 0.0691. The van der Waals surface area contributed by atoms with Crippen molar-refractivity contribution in [2.45, 2.75) is 13.0 Å². The number of nitrogens with two attached hydrogens (primary N) is 1. The fraction of sp³-hybridized carbons (Fsp3) is 0.125. The van der Waals surface area contributed by atoms with Crippen molar-refractivity contribution < 1.29 is 24.6 Å². The van der Waals surface area contributed by atoms with E-state index in [4.69, 9.17) is 20.9 Å². The molecule has 4 N–H and O–H groups in total. The lowest BCUT2D eigenvalue weighted by Gasteiger charge is -2.17. The lowest BCUT2D eigenvalue weighted by Crippen LogP contribution is -2.13. The minimum Gasteiger partial charge on any atom is -0.478 e. The van der Waals surface area contributed by atoms with Crippen LogP contribution in [-0.2, 0) is 4.84 Å². The zero-order valence-corrected chi connectivity index (χ0v) is 11.8. The maximum atomic E-state index is 11.2. The largest absolute Gasteiger partial charge is 0.478 e. The maximum Gasteiger partial charge on any atom is 0.335 e. The smallest absolute Gasteiger partial charge is 0.335 e. The molecule has 6 nitrogen and oxygen atoms in total. The van der Waals surface area contributed by atoms with E-state index in [1.807, 2.05) is 19.1 Å². The van der Waals surface area contributed by atoms with E-state index in [9.17, 15) is 9.59 Å². The highest BCUT2D eigenvalue weighted by Gasteiger charge is 2.19. The molecular formula is C16H15NO5. The summed E-state index contributed by atoms with van der Waals surface area (Å²) in [6.07, 6.45) is -0.752. The SMILES string of the molecule is Cc1ccc(C(ON)c2cc(C(=O)O)cc(C(=O)O)c2)cc1. The predicted octanol–water partition coefficient (Wildman–Crippen LogP) is 2.37. The van der Waals surface area contributed by atoms with Crippen molar-refractivity contribution in [1.29, 1.82) is 0 Å². The fourth-order valence-electron chi connectivity index (χ4n) is 2.14. The molecule has 0 fully saturated rings. The van der Waals surface area contributed by atoms with E-state index >= 15 is 0 Å². The average molecular weight is 301 g/mol. The summed E-state index contributed by atoms with van der Waals surface area (Å²) in [7, 11) is 0. The molecular weight excluding hydrogens is 286 g/mol. The summed E-state index contributed by atoms with van der Waals surface area (Å²) in [5.41, 5.74) is 1.84. The summed E-state index contributed by atoms with van der Waals surface area (Å²) in [4.78, 5) is 27.3. The molecule has 0 aliphatic carbocycles. The lowest BCUT2D eigenvalue weighted by atomic mass is 9.96. The molecule has 0 bridgehead atoms. The van der Waals surface area contributed by atoms with Crippen LogP contribution in [0.1, 0.15) is 43.5 Å². The van der Waals surface area contributed by atoms with Crippen molar-refractivity contribution >= 4 is 11.9 Å². The van der Waals surface area contributed by atoms with Gasteiger partial charge < -0.3 is 10.2 Å². The molecule has 0 spiro atoms. The Balaban J connectivity index is 2.54. The molecule has 2 aromatic rings. The number of carboxylic acids is 2. The van der Waals surface area contributed by atoms with Crippen LogP contribution in [0.3, 0.4) is 0 Å². The summed E-state index contributed by atoms with van der Waals surface area (Å²) in [5, 5.41) is 18.2. The first-order valence-electron chi connectivity index (χ1n) is 6.46. The van der Waals surface area contributed by atoms with Gasteiger partial charge in [-0.3, -0.25) is 4.84 Å². The summed E-state index contributed by atoms with van der Waals surface area (Å²) >= 11 is 0. The molecule has 2 rings (SSSR count). The third-order valence-electron chi connectivity index (χ3n) is 3.27. The Morgan fingerprint density at radius 2 is 1.45 bits per heavy atom. The van der Waals surface area contributed by atoms with Crippen molar-refractivity contribution in [3.05, 3.63) is 70.3 Å². The van der Waals surface area contributed by atoms with Gasteiger partial charge in [-0.1, -0.05) is 29.8 Å². The molecule has 0 heterocycles. The molecule has 0 amide bonds. The number of hydrogen-bond acceptors (Lipinski definition) is 4. The molecule has 22 heavy (non-hydrogen) atoms. The number of carbonyl (C=O) groups is 2. The average Bonchev–Trinajstić information content (AvgIpc) is 2.49. The standard InChI is InChI=1S/C16H15NO5/c1-9-2-4-10(5-3-9)14(22-17)11-6-12(15(18)19)8-13(7-11)16(20)21/h2-8,14H,17H2,1H3,(H,18,19)(H,20,21). The third-order valence-corrected chi connectivity index (χ3v) is 3.27. The number of benzene rings is 2. The minimum atomic E-state index is -1.22. The second-order valence-electron chi connectivity index (χ2n) is 4.88. The van der Waals surface area contributed by atoms with Gasteiger partial charge in [0.2, 0.25) is 0 Å². The van der Waals surface area contributed by atoms with E-state index in [-0.39, 0.29) is 11.1 Å². The van der Waals surface area contributed by atoms with Crippen LogP contribution in [0.25, 0.3) is 0 Å². The van der Waals surface area contributed by atoms with Gasteiger partial charge in [0.1, 0.15) is 6.10 Å². The van der Waals surface area contributed by atoms with E-state index in [0.29, 0.717) is 11.1 Å². The van der Waals surface area contributed by atoms with E-state index < -0.39 is 18.0 Å². The van der Waals surface area contributed by atoms with Gasteiger partial charge in [0.25, 0.3) is 0 Å². The van der Waals surface area contributed by atoms with Gasteiger partial charge in [0.15, 0.2) is 0 Å². The molecule has 0 aliphatic rings. The zero-order valence-electron chi connectivity index (χ0n) is 11.8. The molecule has 1 atom stereocenters. The molecule has 2 aromatic carbocycles. The van der Waals surface area contributed by atoms with Gasteiger partial charge in [0.05, 0.1) is 11.1 Å². The number of aromatic carboxylic acids is 2. The predicted molar refractivity (Wildman–Crippen MR) is 78.7 cm³/mol. The van der Waals surface area contributed by atoms with Crippen LogP contribution in [0, 0.1) is 6.92 Å². The van der Waals surface area contributed by atoms with Gasteiger partial charge >= 0.3 is 11.9 Å². The highest BCUT2D eigenvalue weighted by Crippen LogP contribution is 2.27. The van der Waals surface area contributed by atoms with Gasteiger partial charge in [-0.15, -0.1) is 0 Å². The Morgan fingerprint density at radius 3 is 1.86 bits per heavy atom. The Kier molecular flexibility index (Phi) is 4.55. The highest BCUT2D eigenvalue weighted by atomic mass is 16.6. The number of rotatable bonds is 5. The Hall–Kier alpha value is -2.70. The van der Waals surface area contributed by atoms with Crippen molar-refractivity contribution in [2.24, 2.45) is 5.90 Å². The van der Waals surface area contributed by atoms with Crippen molar-refractivity contribution in [3.8, 4) is 0 Å². The summed E-state index contributed by atoms with van der Waals surface area (Å²) in [6, 6.07) is 11.1. The number of aryl methyl sites for hydroxylation is 1. The Labute approximate surface area is 126 Å². The third kappa shape index (κ3) is 3.30. The second-order valence-corrected chi connectivity index (χ2v) is 4.88. The highest BCUT2D eigenvalue weighted by molar-refractivity contribution is 5.94. The van der Waals surface area contributed by atoms with Crippen LogP contribution in [0.5, 0.6) is 0 Å². The Morgan fingerprint density at radius 1 is 0.955 bits per heavy atom. The first-order valence-corrected chi connectivity index (χ1v) is 6.46. The van der Waals surface area contributed by atoms with Crippen molar-refractivity contribution in [3.63, 3.8) is 0 Å². The van der Waals surface area contributed by atoms with E-state index in [1.165, 1.54) is 12.1 Å². The summed E-state index contributed by atoms with van der Waals surface area (Å²) < 4.78 is 0. The molecule has 0 aromatic heterocycles. The normalized spacial score (nSPS) is 11.9. The molecule has 0 aliphatic heterocycles. The van der Waals surface area contributed by atoms with Gasteiger partial charge in [-0.25, -0.2) is 15.5 Å². The fourth-order valence-corrected chi connectivity index (χ4v) is 2.14. The minimum absolute atomic E-state index is 0.135. The van der Waals surface area contributed by atoms with Crippen molar-refractivity contribution in [1.82, 2.24) is 0 Å². The van der Waals surface area contributed by atoms with Crippen LogP contribution in [0.15, 0.2) is 42.5 Å². The van der Waals surface area contributed by atoms with E-state index in [2.05, 4.69) is 0 Å². The summed E-state index contributed by atoms with van der Waals surface area (Å²) in [6.45, 7) is 1.93. The van der Waals surface area contributed by atoms with Gasteiger partial charge in [-0.05, 0) is 36.2 Å². The molecule has 1 unspecified atom stereocenters. The van der Waals surface area contributed by atoms with Crippen LogP contribution in [0.4, 0.5) is 0 Å². The van der Waals surface area contributed by atoms with Crippen molar-refractivity contribution in [2.75, 3.05) is 0 Å². The maximum absolute atomic E-state index is 11.2. The van der Waals surface area contributed by atoms with Crippen LogP contribution < -0.4 is 5.90 Å². The quantitative estimate of drug-likeness (QED) is 0.731. The van der Waals surface area contributed by atoms with Crippen LogP contribution in [-0.4, -0.2) is 22.2 Å². The monoisotopic (exact) mass is 301 g/mol. The van der Waals surface area contributed by atoms with E-state index in [0.717, 1.165) is 11.6 Å². The number of hydrogen-bond donors (Lipinski definition) is 3. The first kappa shape index (κ1) is 15.7. The second kappa shape index (κ2) is 6.38. The van der Waals surface area contributed by atoms with Gasteiger partial charge in [0, 0.05) is 0 Å². The molecule has 0 saturated carbocycles. The van der Waals surface area contributed by atoms with E-state index in [1.54, 1.807) is 12.1 Å². The molecule has 6 heteroatoms. The topological polar surface area (TPSA) is 110 Å². The molecule has 114 valence electrons. The van der Waals surface area contributed by atoms with Gasteiger partial charge in [-0.2, -0.15) is 0 Å². The number of carboxylic acid groups (broad SMARTS) is 2. The van der Waals surface area contributed by atoms with Crippen LogP contribution >= 0.6 is 0 Å². The summed E-state index contributed by atoms with van der Waals surface area (Å²) in [5.74, 6) is 2.90. The first-order chi connectivity index (χ1) is 10.4.